The van der Waals surface area contributed by atoms with Crippen LogP contribution < -0.4 is 102 Å². The molecule has 27 nitrogen and oxygen atoms in total. The quantitative estimate of drug-likeness (QED) is 0.0906. The van der Waals surface area contributed by atoms with Crippen LogP contribution in [0.2, 0.25) is 0 Å². The van der Waals surface area contributed by atoms with E-state index in [0.29, 0.717) is 0 Å². The first-order valence-electron chi connectivity index (χ1n) is 7.66. The van der Waals surface area contributed by atoms with Gasteiger partial charge in [0.2, 0.25) is 0 Å². The van der Waals surface area contributed by atoms with Crippen LogP contribution in [0.15, 0.2) is 0 Å². The summed E-state index contributed by atoms with van der Waals surface area (Å²) >= 11 is -4.05. The molecule has 0 amide bonds. The van der Waals surface area contributed by atoms with Gasteiger partial charge in [0.05, 0.1) is 25.2 Å². The van der Waals surface area contributed by atoms with Gasteiger partial charge in [0.1, 0.15) is 48.8 Å². The molecule has 0 bridgehead atoms. The predicted octanol–water partition coefficient (Wildman–Crippen LogP) is -28.8. The minimum atomic E-state index is -2.31. The summed E-state index contributed by atoms with van der Waals surface area (Å²) in [6.07, 6.45) is -16.2. The maximum absolute atomic E-state index is 9.98. The molecule has 0 aliphatic rings. The molecule has 44 heavy (non-hydrogen) atoms. The van der Waals surface area contributed by atoms with Gasteiger partial charge in [-0.3, -0.25) is 0 Å². The van der Waals surface area contributed by atoms with Crippen LogP contribution in [0.4, 0.5) is 0 Å². The number of carbonyl (C=O) groups excluding carboxylic acids is 2. The number of hydrogen-bond donors (Lipinski definition) is 11. The summed E-state index contributed by atoms with van der Waals surface area (Å²) in [5.74, 6) is -3.95. The third-order valence-electron chi connectivity index (χ3n) is 2.99. The van der Waals surface area contributed by atoms with Gasteiger partial charge in [0.25, 0.3) is 0 Å². The van der Waals surface area contributed by atoms with Crippen LogP contribution in [-0.4, -0.2) is 222 Å². The molecular formula is C12H41Na3O27Sb2. The number of aliphatic hydroxyl groups excluding tert-OH is 10. The number of hydrogen-bond acceptors (Lipinski definition) is 17. The number of aliphatic hydroxyl groups is 10. The fraction of sp³-hybridized carbons (Fsp3) is 0.833. The average Bonchev–Trinajstić information content (AvgIpc) is 2.75. The second-order valence-corrected chi connectivity index (χ2v) is 6.04. The van der Waals surface area contributed by atoms with Crippen LogP contribution in [0.3, 0.4) is 0 Å². The van der Waals surface area contributed by atoms with Gasteiger partial charge in [0, 0.05) is 0 Å². The van der Waals surface area contributed by atoms with Crippen molar-refractivity contribution in [2.45, 2.75) is 48.8 Å². The Morgan fingerprint density at radius 2 is 0.659 bits per heavy atom. The molecule has 0 aromatic heterocycles. The van der Waals surface area contributed by atoms with Crippen molar-refractivity contribution in [2.75, 3.05) is 13.2 Å². The second-order valence-electron chi connectivity index (χ2n) is 5.15. The summed E-state index contributed by atoms with van der Waals surface area (Å²) in [5, 5.41) is 107. The molecule has 0 saturated carbocycles. The van der Waals surface area contributed by atoms with Crippen LogP contribution in [0.5, 0.6) is 0 Å². The summed E-state index contributed by atoms with van der Waals surface area (Å²) in [5.41, 5.74) is 0. The van der Waals surface area contributed by atoms with Gasteiger partial charge in [-0.1, -0.05) is 0 Å². The van der Waals surface area contributed by atoms with E-state index in [1.165, 1.54) is 0 Å². The first-order chi connectivity index (χ1) is 14.7. The molecule has 0 aromatic carbocycles. The van der Waals surface area contributed by atoms with Gasteiger partial charge < -0.3 is 120 Å². The van der Waals surface area contributed by atoms with Crippen LogP contribution in [0.25, 0.3) is 0 Å². The molecule has 8 atom stereocenters. The normalized spacial score (nSPS) is 12.6. The molecule has 0 saturated heterocycles. The van der Waals surface area contributed by atoms with Crippen molar-refractivity contribution in [1.82, 2.24) is 0 Å². The second kappa shape index (κ2) is 67.5. The molecule has 32 heteroatoms. The zero-order valence-electron chi connectivity index (χ0n) is 23.2. The number of carboxylic acids is 2. The Hall–Kier alpha value is 2.34. The van der Waals surface area contributed by atoms with E-state index in [2.05, 4.69) is 0 Å². The Morgan fingerprint density at radius 1 is 0.523 bits per heavy atom. The molecule has 264 valence electrons. The van der Waals surface area contributed by atoms with Crippen LogP contribution in [0, 0.1) is 0 Å². The van der Waals surface area contributed by atoms with Crippen molar-refractivity contribution < 1.29 is 222 Å². The van der Waals surface area contributed by atoms with E-state index >= 15 is 0 Å². The maximum atomic E-state index is 9.98. The Kier molecular flexibility index (Phi) is 159. The molecule has 0 heterocycles. The van der Waals surface area contributed by atoms with Gasteiger partial charge >= 0.3 is 146 Å². The summed E-state index contributed by atoms with van der Waals surface area (Å²) in [6, 6.07) is 0. The third-order valence-corrected chi connectivity index (χ3v) is 2.99. The predicted molar refractivity (Wildman–Crippen MR) is 120 cm³/mol. The number of carbonyl (C=O) groups is 2. The van der Waals surface area contributed by atoms with E-state index in [4.69, 9.17) is 63.9 Å². The topological polar surface area (TPSA) is 643 Å². The van der Waals surface area contributed by atoms with Crippen molar-refractivity contribution in [3.63, 3.8) is 0 Å². The Labute approximate surface area is 335 Å². The molecule has 0 spiro atoms. The zero-order chi connectivity index (χ0) is 26.6. The standard InChI is InChI=1S/2C6H12O7.3Na.10H2O.3O.2Sb/c2*7-1-2(8)3(9)4(10)5(11)6(12)13;;;;;;;;;;;;;;;;;;/h2*2-5,7-11H,1H2,(H,12,13);;;;10*1H2;;;;;/q;;3*+1;;;;;;;;;;;;;-1;;+1/p-3/t2*2-,3-,4-,5-;;;;;;;;;;;;;;;;;;/m11................../s1. The molecular weight excluding hydrogens is 889 g/mol. The van der Waals surface area contributed by atoms with Gasteiger partial charge in [0.15, 0.2) is 0 Å². The molecule has 0 aromatic rings. The van der Waals surface area contributed by atoms with E-state index in [1.807, 2.05) is 0 Å². The SMILES string of the molecule is O.O.O.O.O.O.O.O.O.O=C([O-])[C@H](O)[C@H](O)[C@H](O)[C@H](O)CO.O=C([O-])[C@H](O)[C@H](O)[C@H](O)[C@H](O)CO.[Na+].[Na+].[Na+].[O]=[Sb][O-].[O]=[Sb][OH]. The van der Waals surface area contributed by atoms with Crippen molar-refractivity contribution >= 4 is 56.0 Å². The van der Waals surface area contributed by atoms with Crippen LogP contribution in [0.1, 0.15) is 0 Å². The summed E-state index contributed by atoms with van der Waals surface area (Å²) in [4.78, 5) is 20.0. The number of carboxylic acid groups (broad SMARTS) is 2. The van der Waals surface area contributed by atoms with Crippen molar-refractivity contribution in [3.8, 4) is 0 Å². The molecule has 0 unspecified atom stereocenters. The zero-order valence-corrected chi connectivity index (χ0v) is 34.3. The number of aliphatic carboxylic acids is 2. The molecule has 0 aliphatic heterocycles. The molecule has 0 rings (SSSR count). The third kappa shape index (κ3) is 56.7. The van der Waals surface area contributed by atoms with Gasteiger partial charge in [-0.15, -0.1) is 0 Å². The number of rotatable bonds is 10. The van der Waals surface area contributed by atoms with Crippen LogP contribution >= 0.6 is 0 Å². The first kappa shape index (κ1) is 103. The van der Waals surface area contributed by atoms with E-state index in [1.54, 1.807) is 0 Å². The fourth-order valence-corrected chi connectivity index (χ4v) is 1.32. The Bertz CT molecular complexity index is 486. The van der Waals surface area contributed by atoms with Crippen molar-refractivity contribution in [3.05, 3.63) is 0 Å². The molecule has 0 fully saturated rings. The fourth-order valence-electron chi connectivity index (χ4n) is 1.32. The van der Waals surface area contributed by atoms with Gasteiger partial charge in [-0.2, -0.15) is 0 Å². The van der Waals surface area contributed by atoms with Gasteiger partial charge in [-0.05, 0) is 0 Å². The summed E-state index contributed by atoms with van der Waals surface area (Å²) in [6.45, 7) is -1.73. The van der Waals surface area contributed by atoms with E-state index in [0.717, 1.165) is 0 Å². The van der Waals surface area contributed by atoms with Crippen LogP contribution in [-0.2, 0) is 15.6 Å². The molecule has 0 radical (unpaired) electrons. The average molecular weight is 930 g/mol. The minimum absolute atomic E-state index is 0. The van der Waals surface area contributed by atoms with E-state index in [-0.39, 0.29) is 138 Å². The Balaban J connectivity index is -0.0000000174. The summed E-state index contributed by atoms with van der Waals surface area (Å²) in [7, 11) is 0. The molecule has 29 N–H and O–H groups in total. The van der Waals surface area contributed by atoms with Crippen molar-refractivity contribution in [2.24, 2.45) is 0 Å². The molecule has 0 aliphatic carbocycles. The Morgan fingerprint density at radius 3 is 0.750 bits per heavy atom. The van der Waals surface area contributed by atoms with Gasteiger partial charge in [-0.25, -0.2) is 0 Å². The first-order valence-corrected chi connectivity index (χ1v) is 11.9. The monoisotopic (exact) mass is 928 g/mol. The van der Waals surface area contributed by atoms with E-state index < -0.39 is 118 Å². The summed E-state index contributed by atoms with van der Waals surface area (Å²) < 4.78 is 32.8. The van der Waals surface area contributed by atoms with E-state index in [9.17, 15) is 19.8 Å². The van der Waals surface area contributed by atoms with Crippen molar-refractivity contribution in [1.29, 1.82) is 0 Å².